The monoisotopic (exact) mass is 399 g/mol. The van der Waals surface area contributed by atoms with Crippen LogP contribution < -0.4 is 9.46 Å². The highest BCUT2D eigenvalue weighted by molar-refractivity contribution is 8.11. The summed E-state index contributed by atoms with van der Waals surface area (Å²) in [4.78, 5) is 26.2. The standard InChI is InChI=1S/C16H21N3O5S2/c1-4-9-19(16(21)25-17-2)15(20)13-12(14(13)18-26(22)23)10-5-7-11(24-3)8-6-10/h5-8,12-14,17H,4,9H2,1-3H3. The van der Waals surface area contributed by atoms with Crippen LogP contribution in [0.2, 0.25) is 0 Å². The largest absolute Gasteiger partial charge is 0.497 e. The molecule has 1 aromatic carbocycles. The van der Waals surface area contributed by atoms with Gasteiger partial charge in [-0.25, -0.2) is 0 Å². The third-order valence-corrected chi connectivity index (χ3v) is 5.11. The molecule has 0 aliphatic heterocycles. The Kier molecular flexibility index (Phi) is 7.18. The molecule has 0 heterocycles. The Labute approximate surface area is 158 Å². The highest BCUT2D eigenvalue weighted by atomic mass is 32.2. The molecule has 1 aromatic rings. The van der Waals surface area contributed by atoms with Crippen LogP contribution in [0.15, 0.2) is 28.6 Å². The average Bonchev–Trinajstić information content (AvgIpc) is 3.32. The third kappa shape index (κ3) is 4.63. The molecular formula is C16H21N3O5S2. The summed E-state index contributed by atoms with van der Waals surface area (Å²) in [5.74, 6) is -0.793. The first-order valence-electron chi connectivity index (χ1n) is 8.07. The lowest BCUT2D eigenvalue weighted by molar-refractivity contribution is -0.129. The number of hydrogen-bond donors (Lipinski definition) is 1. The van der Waals surface area contributed by atoms with Crippen molar-refractivity contribution in [1.29, 1.82) is 0 Å². The van der Waals surface area contributed by atoms with E-state index in [9.17, 15) is 18.0 Å². The molecule has 3 unspecified atom stereocenters. The van der Waals surface area contributed by atoms with Crippen LogP contribution in [-0.4, -0.2) is 51.2 Å². The van der Waals surface area contributed by atoms with Gasteiger partial charge in [-0.05, 0) is 31.2 Å². The number of hydrogen-bond acceptors (Lipinski definition) is 8. The fourth-order valence-corrected chi connectivity index (χ4v) is 3.82. The number of nitrogens with one attached hydrogen (secondary N) is 1. The summed E-state index contributed by atoms with van der Waals surface area (Å²) in [5.41, 5.74) is 0.786. The van der Waals surface area contributed by atoms with Gasteiger partial charge in [-0.3, -0.25) is 19.2 Å². The minimum absolute atomic E-state index is 0.269. The summed E-state index contributed by atoms with van der Waals surface area (Å²) in [5, 5.41) is -0.415. The fraction of sp³-hybridized carbons (Fsp3) is 0.500. The van der Waals surface area contributed by atoms with Gasteiger partial charge in [0.05, 0.1) is 19.1 Å². The van der Waals surface area contributed by atoms with E-state index in [1.807, 2.05) is 6.92 Å². The van der Waals surface area contributed by atoms with Crippen molar-refractivity contribution in [2.45, 2.75) is 25.3 Å². The molecule has 1 saturated carbocycles. The number of methoxy groups -OCH3 is 1. The van der Waals surface area contributed by atoms with Crippen LogP contribution in [0.5, 0.6) is 5.75 Å². The van der Waals surface area contributed by atoms with Crippen LogP contribution in [0.4, 0.5) is 4.79 Å². The molecule has 0 saturated heterocycles. The first kappa shape index (κ1) is 20.4. The summed E-state index contributed by atoms with van der Waals surface area (Å²) in [6, 6.07) is 6.35. The van der Waals surface area contributed by atoms with Crippen molar-refractivity contribution in [2.24, 2.45) is 10.3 Å². The molecular weight excluding hydrogens is 378 g/mol. The highest BCUT2D eigenvalue weighted by Crippen LogP contribution is 2.51. The van der Waals surface area contributed by atoms with E-state index in [4.69, 9.17) is 4.74 Å². The molecule has 0 aromatic heterocycles. The van der Waals surface area contributed by atoms with Gasteiger partial charge in [-0.15, -0.1) is 0 Å². The van der Waals surface area contributed by atoms with Gasteiger partial charge in [0.2, 0.25) is 5.91 Å². The Hall–Kier alpha value is -1.91. The van der Waals surface area contributed by atoms with E-state index in [0.717, 1.165) is 22.4 Å². The molecule has 2 rings (SSSR count). The molecule has 0 radical (unpaired) electrons. The van der Waals surface area contributed by atoms with Gasteiger partial charge in [0.15, 0.2) is 0 Å². The van der Waals surface area contributed by atoms with Crippen molar-refractivity contribution in [1.82, 2.24) is 9.62 Å². The number of nitrogens with zero attached hydrogens (tertiary/aromatic N) is 2. The minimum atomic E-state index is -2.62. The maximum Gasteiger partial charge on any atom is 0.311 e. The number of rotatable bonds is 7. The molecule has 0 bridgehead atoms. The second-order valence-corrected chi connectivity index (χ2v) is 7.31. The van der Waals surface area contributed by atoms with Crippen LogP contribution in [0.1, 0.15) is 24.8 Å². The van der Waals surface area contributed by atoms with Crippen LogP contribution in [0.25, 0.3) is 0 Å². The molecule has 10 heteroatoms. The molecule has 26 heavy (non-hydrogen) atoms. The fourth-order valence-electron chi connectivity index (χ4n) is 2.89. The zero-order chi connectivity index (χ0) is 19.3. The van der Waals surface area contributed by atoms with E-state index in [1.165, 1.54) is 0 Å². The van der Waals surface area contributed by atoms with E-state index in [2.05, 4.69) is 9.08 Å². The highest BCUT2D eigenvalue weighted by Gasteiger charge is 2.58. The maximum absolute atomic E-state index is 12.9. The lowest BCUT2D eigenvalue weighted by Gasteiger charge is -2.19. The average molecular weight is 399 g/mol. The summed E-state index contributed by atoms with van der Waals surface area (Å²) in [6.07, 6.45) is 0.608. The quantitative estimate of drug-likeness (QED) is 0.700. The maximum atomic E-state index is 12.9. The Morgan fingerprint density at radius 1 is 1.31 bits per heavy atom. The van der Waals surface area contributed by atoms with Crippen molar-refractivity contribution in [2.75, 3.05) is 20.7 Å². The van der Waals surface area contributed by atoms with Crippen molar-refractivity contribution < 1.29 is 22.7 Å². The predicted molar refractivity (Wildman–Crippen MR) is 98.4 cm³/mol. The Morgan fingerprint density at radius 2 is 1.96 bits per heavy atom. The van der Waals surface area contributed by atoms with Crippen molar-refractivity contribution >= 4 is 33.6 Å². The van der Waals surface area contributed by atoms with Gasteiger partial charge < -0.3 is 4.74 Å². The number of carbonyl (C=O) groups is 2. The second kappa shape index (κ2) is 9.15. The summed E-state index contributed by atoms with van der Waals surface area (Å²) < 4.78 is 33.5. The molecule has 2 amide bonds. The molecule has 8 nitrogen and oxygen atoms in total. The molecule has 1 aliphatic carbocycles. The lowest BCUT2D eigenvalue weighted by Crippen LogP contribution is -2.37. The van der Waals surface area contributed by atoms with E-state index in [1.54, 1.807) is 38.4 Å². The summed E-state index contributed by atoms with van der Waals surface area (Å²) in [7, 11) is 0.512. The molecule has 142 valence electrons. The summed E-state index contributed by atoms with van der Waals surface area (Å²) in [6.45, 7) is 2.13. The lowest BCUT2D eigenvalue weighted by atomic mass is 10.1. The van der Waals surface area contributed by atoms with E-state index in [0.29, 0.717) is 12.2 Å². The van der Waals surface area contributed by atoms with E-state index < -0.39 is 33.6 Å². The van der Waals surface area contributed by atoms with Gasteiger partial charge >= 0.3 is 15.7 Å². The first-order chi connectivity index (χ1) is 12.4. The predicted octanol–water partition coefficient (Wildman–Crippen LogP) is 2.07. The normalized spacial score (nSPS) is 21.0. The first-order valence-corrected chi connectivity index (χ1v) is 9.92. The van der Waals surface area contributed by atoms with Crippen molar-refractivity contribution in [3.63, 3.8) is 0 Å². The Morgan fingerprint density at radius 3 is 2.46 bits per heavy atom. The number of amides is 2. The van der Waals surface area contributed by atoms with Crippen LogP contribution in [0, 0.1) is 5.92 Å². The number of carbonyl (C=O) groups excluding carboxylic acids is 2. The molecule has 1 aliphatic rings. The molecule has 0 spiro atoms. The SMILES string of the molecule is CCCN(C(=O)SNC)C(=O)C1C(N=S(=O)=O)C1c1ccc(OC)cc1. The topological polar surface area (TPSA) is 105 Å². The zero-order valence-corrected chi connectivity index (χ0v) is 16.3. The van der Waals surface area contributed by atoms with Crippen LogP contribution in [0.3, 0.4) is 0 Å². The summed E-state index contributed by atoms with van der Waals surface area (Å²) >= 11 is 0.817. The van der Waals surface area contributed by atoms with Gasteiger partial charge in [0.25, 0.3) is 0 Å². The number of benzene rings is 1. The minimum Gasteiger partial charge on any atom is -0.497 e. The smallest absolute Gasteiger partial charge is 0.311 e. The molecule has 1 N–H and O–H groups in total. The number of ether oxygens (including phenoxy) is 1. The Balaban J connectivity index is 2.29. The van der Waals surface area contributed by atoms with Crippen LogP contribution in [-0.2, 0) is 15.3 Å². The zero-order valence-electron chi connectivity index (χ0n) is 14.7. The van der Waals surface area contributed by atoms with Gasteiger partial charge in [-0.2, -0.15) is 12.8 Å². The van der Waals surface area contributed by atoms with Crippen LogP contribution >= 0.6 is 11.9 Å². The van der Waals surface area contributed by atoms with Crippen molar-refractivity contribution in [3.8, 4) is 5.75 Å². The third-order valence-electron chi connectivity index (χ3n) is 4.10. The molecule has 3 atom stereocenters. The second-order valence-electron chi connectivity index (χ2n) is 5.70. The van der Waals surface area contributed by atoms with Gasteiger partial charge in [-0.1, -0.05) is 19.1 Å². The van der Waals surface area contributed by atoms with Crippen molar-refractivity contribution in [3.05, 3.63) is 29.8 Å². The molecule has 1 fully saturated rings. The van der Waals surface area contributed by atoms with Gasteiger partial charge in [0.1, 0.15) is 5.75 Å². The van der Waals surface area contributed by atoms with E-state index in [-0.39, 0.29) is 12.5 Å². The number of imide groups is 1. The van der Waals surface area contributed by atoms with Gasteiger partial charge in [0, 0.05) is 24.4 Å². The van der Waals surface area contributed by atoms with E-state index >= 15 is 0 Å². The Bertz CT molecular complexity index is 787.